The van der Waals surface area contributed by atoms with Crippen LogP contribution >= 0.6 is 0 Å². The van der Waals surface area contributed by atoms with Crippen LogP contribution in [0, 0.1) is 0 Å². The third kappa shape index (κ3) is 1.28. The predicted molar refractivity (Wildman–Crippen MR) is 67.2 cm³/mol. The molecule has 1 aliphatic carbocycles. The third-order valence-corrected chi connectivity index (χ3v) is 4.95. The maximum atomic E-state index is 6.13. The van der Waals surface area contributed by atoms with Crippen molar-refractivity contribution in [2.75, 3.05) is 13.2 Å². The van der Waals surface area contributed by atoms with E-state index < -0.39 is 0 Å². The van der Waals surface area contributed by atoms with Gasteiger partial charge in [0.1, 0.15) is 0 Å². The Bertz CT molecular complexity index is 440. The van der Waals surface area contributed by atoms with Crippen LogP contribution in [0.25, 0.3) is 0 Å². The molecule has 3 aliphatic rings. The summed E-state index contributed by atoms with van der Waals surface area (Å²) in [5.74, 6) is 0. The largest absolute Gasteiger partial charge is 0.376 e. The standard InChI is InChI=1S/C15H19NO/c1-2-5-12-11(4-1)10-13-14-15(12,7-8-16-13)6-3-9-17-14/h1-2,4-5,13-14,16H,3,6-10H2/t13-,14+,15+/m1/s1. The second-order valence-electron chi connectivity index (χ2n) is 5.72. The first-order valence-electron chi connectivity index (χ1n) is 6.83. The molecule has 2 heteroatoms. The van der Waals surface area contributed by atoms with E-state index in [4.69, 9.17) is 4.74 Å². The van der Waals surface area contributed by atoms with Crippen molar-refractivity contribution < 1.29 is 4.74 Å². The molecule has 2 bridgehead atoms. The monoisotopic (exact) mass is 229 g/mol. The van der Waals surface area contributed by atoms with Crippen LogP contribution in [0.2, 0.25) is 0 Å². The first-order valence-corrected chi connectivity index (χ1v) is 6.83. The fourth-order valence-corrected chi connectivity index (χ4v) is 4.28. The fourth-order valence-electron chi connectivity index (χ4n) is 4.28. The molecule has 17 heavy (non-hydrogen) atoms. The van der Waals surface area contributed by atoms with Gasteiger partial charge in [-0.3, -0.25) is 0 Å². The van der Waals surface area contributed by atoms with Crippen molar-refractivity contribution in [3.05, 3.63) is 35.4 Å². The number of ether oxygens (including phenoxy) is 1. The van der Waals surface area contributed by atoms with Gasteiger partial charge in [-0.05, 0) is 43.4 Å². The molecular weight excluding hydrogens is 210 g/mol. The van der Waals surface area contributed by atoms with Crippen molar-refractivity contribution in [2.24, 2.45) is 0 Å². The van der Waals surface area contributed by atoms with Crippen molar-refractivity contribution >= 4 is 0 Å². The van der Waals surface area contributed by atoms with E-state index >= 15 is 0 Å². The van der Waals surface area contributed by atoms with Crippen molar-refractivity contribution in [1.82, 2.24) is 5.32 Å². The molecule has 0 spiro atoms. The van der Waals surface area contributed by atoms with Crippen molar-refractivity contribution in [2.45, 2.75) is 43.2 Å². The molecule has 2 saturated heterocycles. The van der Waals surface area contributed by atoms with E-state index in [1.54, 1.807) is 11.1 Å². The highest BCUT2D eigenvalue weighted by Gasteiger charge is 2.52. The summed E-state index contributed by atoms with van der Waals surface area (Å²) in [6, 6.07) is 9.57. The highest BCUT2D eigenvalue weighted by atomic mass is 16.5. The minimum Gasteiger partial charge on any atom is -0.376 e. The van der Waals surface area contributed by atoms with Gasteiger partial charge in [0.05, 0.1) is 6.10 Å². The normalized spacial score (nSPS) is 39.3. The lowest BCUT2D eigenvalue weighted by molar-refractivity contribution is -0.0886. The van der Waals surface area contributed by atoms with Crippen molar-refractivity contribution in [3.63, 3.8) is 0 Å². The van der Waals surface area contributed by atoms with E-state index in [2.05, 4.69) is 29.6 Å². The first-order chi connectivity index (χ1) is 8.40. The lowest BCUT2D eigenvalue weighted by Gasteiger charge is -2.55. The van der Waals surface area contributed by atoms with E-state index in [0.29, 0.717) is 17.6 Å². The van der Waals surface area contributed by atoms with Crippen LogP contribution in [0.4, 0.5) is 0 Å². The molecule has 0 radical (unpaired) electrons. The number of benzene rings is 1. The summed E-state index contributed by atoms with van der Waals surface area (Å²) in [5.41, 5.74) is 3.46. The zero-order valence-corrected chi connectivity index (χ0v) is 10.1. The first kappa shape index (κ1) is 10.1. The van der Waals surface area contributed by atoms with Gasteiger partial charge in [-0.15, -0.1) is 0 Å². The Morgan fingerprint density at radius 1 is 1.24 bits per heavy atom. The molecular formula is C15H19NO. The van der Waals surface area contributed by atoms with E-state index in [-0.39, 0.29) is 0 Å². The maximum Gasteiger partial charge on any atom is 0.0828 e. The van der Waals surface area contributed by atoms with Gasteiger partial charge in [0.15, 0.2) is 0 Å². The zero-order chi connectivity index (χ0) is 11.3. The van der Waals surface area contributed by atoms with Crippen LogP contribution in [-0.4, -0.2) is 25.3 Å². The Labute approximate surface area is 102 Å². The second-order valence-corrected chi connectivity index (χ2v) is 5.72. The lowest BCUT2D eigenvalue weighted by Crippen LogP contribution is -2.64. The van der Waals surface area contributed by atoms with Crippen molar-refractivity contribution in [3.8, 4) is 0 Å². The summed E-state index contributed by atoms with van der Waals surface area (Å²) in [5, 5.41) is 3.66. The SMILES string of the molecule is c1ccc2c(c1)C[C@H]1NCC[C@@]23CCCO[C@@H]13. The van der Waals surface area contributed by atoms with E-state index in [1.807, 2.05) is 0 Å². The summed E-state index contributed by atoms with van der Waals surface area (Å²) in [4.78, 5) is 0. The molecule has 0 unspecified atom stereocenters. The third-order valence-electron chi connectivity index (χ3n) is 4.95. The number of rotatable bonds is 0. The maximum absolute atomic E-state index is 6.13. The van der Waals surface area contributed by atoms with Crippen LogP contribution in [-0.2, 0) is 16.6 Å². The van der Waals surface area contributed by atoms with Crippen LogP contribution < -0.4 is 5.32 Å². The van der Waals surface area contributed by atoms with Gasteiger partial charge >= 0.3 is 0 Å². The molecule has 2 heterocycles. The van der Waals surface area contributed by atoms with Gasteiger partial charge in [0.2, 0.25) is 0 Å². The Kier molecular flexibility index (Phi) is 2.12. The molecule has 1 aromatic rings. The molecule has 1 aromatic carbocycles. The Morgan fingerprint density at radius 2 is 2.18 bits per heavy atom. The van der Waals surface area contributed by atoms with Gasteiger partial charge in [0.25, 0.3) is 0 Å². The van der Waals surface area contributed by atoms with Gasteiger partial charge in [-0.1, -0.05) is 24.3 Å². The van der Waals surface area contributed by atoms with Crippen LogP contribution in [0.5, 0.6) is 0 Å². The highest BCUT2D eigenvalue weighted by molar-refractivity contribution is 5.41. The highest BCUT2D eigenvalue weighted by Crippen LogP contribution is 2.48. The average Bonchev–Trinajstić information content (AvgIpc) is 2.39. The molecule has 4 rings (SSSR count). The summed E-state index contributed by atoms with van der Waals surface area (Å²) in [6.45, 7) is 2.10. The van der Waals surface area contributed by atoms with Gasteiger partial charge in [-0.2, -0.15) is 0 Å². The topological polar surface area (TPSA) is 21.3 Å². The van der Waals surface area contributed by atoms with Gasteiger partial charge in [-0.25, -0.2) is 0 Å². The van der Waals surface area contributed by atoms with Crippen LogP contribution in [0.1, 0.15) is 30.4 Å². The lowest BCUT2D eigenvalue weighted by atomic mass is 9.59. The molecule has 90 valence electrons. The Hall–Kier alpha value is -0.860. The van der Waals surface area contributed by atoms with Crippen LogP contribution in [0.15, 0.2) is 24.3 Å². The quantitative estimate of drug-likeness (QED) is 0.735. The van der Waals surface area contributed by atoms with Gasteiger partial charge < -0.3 is 10.1 Å². The zero-order valence-electron chi connectivity index (χ0n) is 10.1. The molecule has 2 aliphatic heterocycles. The molecule has 1 N–H and O–H groups in total. The number of nitrogens with one attached hydrogen (secondary N) is 1. The molecule has 2 nitrogen and oxygen atoms in total. The fraction of sp³-hybridized carbons (Fsp3) is 0.600. The minimum absolute atomic E-state index is 0.322. The van der Waals surface area contributed by atoms with E-state index in [9.17, 15) is 0 Å². The van der Waals surface area contributed by atoms with E-state index in [0.717, 1.165) is 19.6 Å². The molecule has 0 amide bonds. The number of hydrogen-bond donors (Lipinski definition) is 1. The average molecular weight is 229 g/mol. The number of hydrogen-bond acceptors (Lipinski definition) is 2. The smallest absolute Gasteiger partial charge is 0.0828 e. The molecule has 3 atom stereocenters. The van der Waals surface area contributed by atoms with Crippen LogP contribution in [0.3, 0.4) is 0 Å². The van der Waals surface area contributed by atoms with Gasteiger partial charge in [0, 0.05) is 18.1 Å². The minimum atomic E-state index is 0.322. The Balaban J connectivity index is 1.90. The summed E-state index contributed by atoms with van der Waals surface area (Å²) in [7, 11) is 0. The molecule has 2 fully saturated rings. The summed E-state index contributed by atoms with van der Waals surface area (Å²) >= 11 is 0. The second kappa shape index (κ2) is 3.56. The van der Waals surface area contributed by atoms with Crippen molar-refractivity contribution in [1.29, 1.82) is 0 Å². The molecule has 0 aromatic heterocycles. The molecule has 0 saturated carbocycles. The number of piperidine rings is 1. The van der Waals surface area contributed by atoms with E-state index in [1.165, 1.54) is 19.3 Å². The Morgan fingerprint density at radius 3 is 3.18 bits per heavy atom. The number of fused-ring (bicyclic) bond motifs is 1. The summed E-state index contributed by atoms with van der Waals surface area (Å²) in [6.07, 6.45) is 5.33. The predicted octanol–water partition coefficient (Wildman–Crippen LogP) is 2.02. The summed E-state index contributed by atoms with van der Waals surface area (Å²) < 4.78 is 6.13.